The highest BCUT2D eigenvalue weighted by atomic mass is 16.5. The van der Waals surface area contributed by atoms with Crippen LogP contribution in [0.1, 0.15) is 0 Å². The largest absolute Gasteiger partial charge is 0.497 e. The molecule has 0 atom stereocenters. The van der Waals surface area contributed by atoms with Crippen LogP contribution >= 0.6 is 0 Å². The van der Waals surface area contributed by atoms with Crippen molar-refractivity contribution in [2.24, 2.45) is 11.7 Å². The van der Waals surface area contributed by atoms with Gasteiger partial charge in [0.25, 0.3) is 0 Å². The van der Waals surface area contributed by atoms with Gasteiger partial charge in [-0.1, -0.05) is 0 Å². The molecule has 1 aromatic carbocycles. The first-order valence-electron chi connectivity index (χ1n) is 3.06. The van der Waals surface area contributed by atoms with Crippen LogP contribution in [0.5, 0.6) is 5.75 Å². The molecular weight excluding hydrogens is 158 g/mol. The van der Waals surface area contributed by atoms with E-state index in [1.54, 1.807) is 19.2 Å². The van der Waals surface area contributed by atoms with Crippen LogP contribution in [-0.4, -0.2) is 12.6 Å². The summed E-state index contributed by atoms with van der Waals surface area (Å²) in [6, 6.07) is 7.27. The minimum atomic E-state index is 0. The Morgan fingerprint density at radius 1 is 1.08 bits per heavy atom. The van der Waals surface area contributed by atoms with Gasteiger partial charge in [0, 0.05) is 5.69 Å². The average Bonchev–Trinajstić information content (AvgIpc) is 2.10. The molecule has 0 saturated heterocycles. The maximum Gasteiger partial charge on any atom is 0.119 e. The van der Waals surface area contributed by atoms with Crippen LogP contribution < -0.4 is 22.2 Å². The van der Waals surface area contributed by atoms with Gasteiger partial charge < -0.3 is 15.9 Å². The SMILES string of the molecule is COc1ccc(N)cc1.NN.O. The zero-order chi connectivity index (χ0) is 8.69. The van der Waals surface area contributed by atoms with E-state index in [2.05, 4.69) is 11.7 Å². The van der Waals surface area contributed by atoms with Crippen LogP contribution in [0.15, 0.2) is 24.3 Å². The predicted octanol–water partition coefficient (Wildman–Crippen LogP) is -0.728. The summed E-state index contributed by atoms with van der Waals surface area (Å²) in [5.41, 5.74) is 6.19. The number of hydrogen-bond acceptors (Lipinski definition) is 4. The molecule has 12 heavy (non-hydrogen) atoms. The van der Waals surface area contributed by atoms with E-state index in [0.717, 1.165) is 11.4 Å². The summed E-state index contributed by atoms with van der Waals surface area (Å²) in [4.78, 5) is 0. The van der Waals surface area contributed by atoms with Crippen molar-refractivity contribution in [2.75, 3.05) is 12.8 Å². The number of anilines is 1. The second-order valence-electron chi connectivity index (χ2n) is 1.77. The van der Waals surface area contributed by atoms with Crippen molar-refractivity contribution in [2.45, 2.75) is 0 Å². The topological polar surface area (TPSA) is 119 Å². The maximum absolute atomic E-state index is 5.43. The van der Waals surface area contributed by atoms with Crippen molar-refractivity contribution in [1.82, 2.24) is 0 Å². The number of hydrazine groups is 1. The van der Waals surface area contributed by atoms with Gasteiger partial charge in [0.15, 0.2) is 0 Å². The lowest BCUT2D eigenvalue weighted by Crippen LogP contribution is -2.02. The van der Waals surface area contributed by atoms with Gasteiger partial charge in [0.1, 0.15) is 5.75 Å². The van der Waals surface area contributed by atoms with Crippen LogP contribution in [0.3, 0.4) is 0 Å². The maximum atomic E-state index is 5.43. The lowest BCUT2D eigenvalue weighted by atomic mass is 10.3. The number of nitrogen functional groups attached to an aromatic ring is 1. The summed E-state index contributed by atoms with van der Waals surface area (Å²) in [5, 5.41) is 0. The third-order valence-corrected chi connectivity index (χ3v) is 1.12. The molecule has 0 amide bonds. The number of nitrogens with two attached hydrogens (primary N) is 3. The fourth-order valence-corrected chi connectivity index (χ4v) is 0.604. The zero-order valence-electron chi connectivity index (χ0n) is 6.95. The molecule has 5 heteroatoms. The molecule has 1 aromatic rings. The van der Waals surface area contributed by atoms with Crippen LogP contribution in [0, 0.1) is 0 Å². The molecule has 0 spiro atoms. The monoisotopic (exact) mass is 173 g/mol. The van der Waals surface area contributed by atoms with Crippen LogP contribution in [0.4, 0.5) is 5.69 Å². The number of benzene rings is 1. The number of hydrogen-bond donors (Lipinski definition) is 3. The molecule has 70 valence electrons. The highest BCUT2D eigenvalue weighted by Gasteiger charge is 1.85. The Balaban J connectivity index is 0. The van der Waals surface area contributed by atoms with Crippen LogP contribution in [0.2, 0.25) is 0 Å². The molecule has 5 nitrogen and oxygen atoms in total. The summed E-state index contributed by atoms with van der Waals surface area (Å²) in [6.45, 7) is 0. The Kier molecular flexibility index (Phi) is 8.65. The second-order valence-corrected chi connectivity index (χ2v) is 1.77. The normalized spacial score (nSPS) is 7.25. The van der Waals surface area contributed by atoms with Crippen molar-refractivity contribution >= 4 is 5.69 Å². The van der Waals surface area contributed by atoms with Crippen molar-refractivity contribution in [1.29, 1.82) is 0 Å². The molecule has 0 fully saturated rings. The van der Waals surface area contributed by atoms with Crippen LogP contribution in [0.25, 0.3) is 0 Å². The molecule has 0 aliphatic rings. The lowest BCUT2D eigenvalue weighted by Gasteiger charge is -1.97. The van der Waals surface area contributed by atoms with Crippen molar-refractivity contribution in [3.8, 4) is 5.75 Å². The van der Waals surface area contributed by atoms with Gasteiger partial charge in [-0.3, -0.25) is 11.7 Å². The first-order chi connectivity index (χ1) is 5.33. The van der Waals surface area contributed by atoms with Crippen molar-refractivity contribution in [3.05, 3.63) is 24.3 Å². The van der Waals surface area contributed by atoms with Crippen molar-refractivity contribution in [3.63, 3.8) is 0 Å². The second kappa shape index (κ2) is 7.80. The Hall–Kier alpha value is -1.30. The molecule has 0 aliphatic carbocycles. The van der Waals surface area contributed by atoms with Gasteiger partial charge in [0.2, 0.25) is 0 Å². The first kappa shape index (κ1) is 13.3. The Bertz CT molecular complexity index is 188. The fourth-order valence-electron chi connectivity index (χ4n) is 0.604. The van der Waals surface area contributed by atoms with E-state index in [1.807, 2.05) is 12.1 Å². The smallest absolute Gasteiger partial charge is 0.119 e. The van der Waals surface area contributed by atoms with Gasteiger partial charge in [-0.05, 0) is 24.3 Å². The van der Waals surface area contributed by atoms with Gasteiger partial charge >= 0.3 is 0 Å². The Morgan fingerprint density at radius 3 is 1.83 bits per heavy atom. The Labute approximate surface area is 71.4 Å². The van der Waals surface area contributed by atoms with E-state index in [9.17, 15) is 0 Å². The molecule has 1 rings (SSSR count). The van der Waals surface area contributed by atoms with Gasteiger partial charge in [-0.2, -0.15) is 0 Å². The summed E-state index contributed by atoms with van der Waals surface area (Å²) in [5.74, 6) is 8.84. The summed E-state index contributed by atoms with van der Waals surface area (Å²) >= 11 is 0. The molecule has 8 N–H and O–H groups in total. The fraction of sp³-hybridized carbons (Fsp3) is 0.143. The average molecular weight is 173 g/mol. The molecule has 0 aromatic heterocycles. The quantitative estimate of drug-likeness (QED) is 0.294. The third kappa shape index (κ3) is 4.51. The molecular formula is C7H15N3O2. The first-order valence-corrected chi connectivity index (χ1v) is 3.06. The third-order valence-electron chi connectivity index (χ3n) is 1.12. The summed E-state index contributed by atoms with van der Waals surface area (Å²) in [6.07, 6.45) is 0. The van der Waals surface area contributed by atoms with E-state index < -0.39 is 0 Å². The number of ether oxygens (including phenoxy) is 1. The minimum Gasteiger partial charge on any atom is -0.497 e. The summed E-state index contributed by atoms with van der Waals surface area (Å²) in [7, 11) is 1.63. The van der Waals surface area contributed by atoms with Crippen molar-refractivity contribution < 1.29 is 10.2 Å². The minimum absolute atomic E-state index is 0. The zero-order valence-corrected chi connectivity index (χ0v) is 6.95. The molecule has 0 saturated carbocycles. The van der Waals surface area contributed by atoms with Gasteiger partial charge in [0.05, 0.1) is 7.11 Å². The molecule has 0 aliphatic heterocycles. The van der Waals surface area contributed by atoms with E-state index in [-0.39, 0.29) is 5.48 Å². The summed E-state index contributed by atoms with van der Waals surface area (Å²) < 4.78 is 4.91. The van der Waals surface area contributed by atoms with Crippen LogP contribution in [-0.2, 0) is 0 Å². The van der Waals surface area contributed by atoms with E-state index in [0.29, 0.717) is 0 Å². The molecule has 0 heterocycles. The van der Waals surface area contributed by atoms with E-state index in [1.165, 1.54) is 0 Å². The highest BCUT2D eigenvalue weighted by molar-refractivity contribution is 5.41. The predicted molar refractivity (Wildman–Crippen MR) is 49.4 cm³/mol. The number of rotatable bonds is 1. The lowest BCUT2D eigenvalue weighted by molar-refractivity contribution is 0.415. The van der Waals surface area contributed by atoms with Gasteiger partial charge in [-0.15, -0.1) is 0 Å². The van der Waals surface area contributed by atoms with E-state index >= 15 is 0 Å². The molecule has 0 bridgehead atoms. The van der Waals surface area contributed by atoms with E-state index in [4.69, 9.17) is 10.5 Å². The Morgan fingerprint density at radius 2 is 1.50 bits per heavy atom. The standard InChI is InChI=1S/C7H9NO.H4N2.H2O/c1-9-7-4-2-6(8)3-5-7;1-2;/h2-5H,8H2,1H3;1-2H2;1H2. The van der Waals surface area contributed by atoms with Gasteiger partial charge in [-0.25, -0.2) is 0 Å². The highest BCUT2D eigenvalue weighted by Crippen LogP contribution is 2.11. The number of methoxy groups -OCH3 is 1. The molecule has 0 unspecified atom stereocenters. The molecule has 0 radical (unpaired) electrons.